The lowest BCUT2D eigenvalue weighted by Crippen LogP contribution is -2.59. The molecular formula is C49H76O10. The number of carbonyl (C=O) groups excluding carboxylic acids is 2. The average Bonchev–Trinajstić information content (AvgIpc) is 3.23. The minimum Gasteiger partial charge on any atom is -0.462 e. The van der Waals surface area contributed by atoms with Crippen molar-refractivity contribution in [2.45, 2.75) is 166 Å². The first-order valence-corrected chi connectivity index (χ1v) is 22.0. The van der Waals surface area contributed by atoms with Gasteiger partial charge in [-0.05, 0) is 89.9 Å². The number of esters is 2. The van der Waals surface area contributed by atoms with Gasteiger partial charge in [-0.3, -0.25) is 9.59 Å². The molecule has 1 heterocycles. The van der Waals surface area contributed by atoms with Crippen molar-refractivity contribution in [1.82, 2.24) is 0 Å². The molecule has 0 aromatic heterocycles. The van der Waals surface area contributed by atoms with Crippen LogP contribution < -0.4 is 0 Å². The summed E-state index contributed by atoms with van der Waals surface area (Å²) in [5.74, 6) is -0.965. The van der Waals surface area contributed by atoms with Crippen molar-refractivity contribution in [2.75, 3.05) is 19.8 Å². The Hall–Kier alpha value is -3.64. The van der Waals surface area contributed by atoms with Gasteiger partial charge in [-0.25, -0.2) is 0 Å². The zero-order valence-electron chi connectivity index (χ0n) is 35.9. The summed E-state index contributed by atoms with van der Waals surface area (Å²) in [5, 5.41) is 40.0. The Morgan fingerprint density at radius 1 is 0.542 bits per heavy atom. The molecule has 0 radical (unpaired) electrons. The summed E-state index contributed by atoms with van der Waals surface area (Å²) in [6.45, 7) is 3.13. The molecule has 0 amide bonds. The Morgan fingerprint density at radius 3 is 1.51 bits per heavy atom. The highest BCUT2D eigenvalue weighted by Gasteiger charge is 2.44. The highest BCUT2D eigenvalue weighted by atomic mass is 16.7. The van der Waals surface area contributed by atoms with Crippen LogP contribution in [0.3, 0.4) is 0 Å². The molecular weight excluding hydrogens is 749 g/mol. The van der Waals surface area contributed by atoms with Gasteiger partial charge in [0.2, 0.25) is 0 Å². The molecule has 2 unspecified atom stereocenters. The van der Waals surface area contributed by atoms with Gasteiger partial charge in [0.05, 0.1) is 13.2 Å². The molecule has 4 N–H and O–H groups in total. The van der Waals surface area contributed by atoms with Crippen LogP contribution in [0.5, 0.6) is 0 Å². The number of hydrogen-bond donors (Lipinski definition) is 4. The third kappa shape index (κ3) is 30.1. The number of aliphatic hydroxyl groups excluding tert-OH is 4. The van der Waals surface area contributed by atoms with E-state index in [1.165, 1.54) is 25.7 Å². The molecule has 1 fully saturated rings. The van der Waals surface area contributed by atoms with Crippen LogP contribution in [-0.2, 0) is 28.5 Å². The third-order valence-electron chi connectivity index (χ3n) is 9.16. The zero-order valence-corrected chi connectivity index (χ0v) is 35.9. The molecule has 0 aliphatic carbocycles. The third-order valence-corrected chi connectivity index (χ3v) is 9.16. The monoisotopic (exact) mass is 825 g/mol. The fourth-order valence-electron chi connectivity index (χ4n) is 5.69. The molecule has 0 aromatic carbocycles. The molecule has 332 valence electrons. The van der Waals surface area contributed by atoms with E-state index in [1.807, 2.05) is 12.2 Å². The SMILES string of the molecule is CC/C=C/C/C=C/C/C=C/C/C=C/CCCCC(=O)O[C@@H](COC(=O)CC/C=C/C/C=C/C/C=C/C/C=C/C/C=C/CCCCC)CO[C@H]1O[C@@H](CO)[C@@H](O)C(O)C1O. The van der Waals surface area contributed by atoms with E-state index in [0.29, 0.717) is 12.8 Å². The zero-order chi connectivity index (χ0) is 43.0. The molecule has 0 bridgehead atoms. The summed E-state index contributed by atoms with van der Waals surface area (Å²) < 4.78 is 22.0. The summed E-state index contributed by atoms with van der Waals surface area (Å²) in [6.07, 6.45) is 45.4. The first kappa shape index (κ1) is 53.4. The van der Waals surface area contributed by atoms with Crippen molar-refractivity contribution >= 4 is 11.9 Å². The lowest BCUT2D eigenvalue weighted by molar-refractivity contribution is -0.305. The maximum absolute atomic E-state index is 12.7. The van der Waals surface area contributed by atoms with E-state index in [2.05, 4.69) is 111 Å². The minimum absolute atomic E-state index is 0.136. The molecule has 10 nitrogen and oxygen atoms in total. The molecule has 1 saturated heterocycles. The number of allylic oxidation sites excluding steroid dienone is 18. The Balaban J connectivity index is 2.44. The van der Waals surface area contributed by atoms with Gasteiger partial charge < -0.3 is 39.4 Å². The second-order valence-corrected chi connectivity index (χ2v) is 14.4. The van der Waals surface area contributed by atoms with Gasteiger partial charge in [0, 0.05) is 12.8 Å². The van der Waals surface area contributed by atoms with Crippen LogP contribution in [0.25, 0.3) is 0 Å². The molecule has 1 aliphatic rings. The molecule has 0 spiro atoms. The highest BCUT2D eigenvalue weighted by Crippen LogP contribution is 2.22. The van der Waals surface area contributed by atoms with Crippen LogP contribution in [0.4, 0.5) is 0 Å². The topological polar surface area (TPSA) is 152 Å². The molecule has 1 aliphatic heterocycles. The lowest BCUT2D eigenvalue weighted by atomic mass is 9.99. The second-order valence-electron chi connectivity index (χ2n) is 14.4. The summed E-state index contributed by atoms with van der Waals surface area (Å²) >= 11 is 0. The fraction of sp³-hybridized carbons (Fsp3) is 0.592. The Kier molecular flexibility index (Phi) is 34.9. The first-order chi connectivity index (χ1) is 28.8. The molecule has 0 aromatic rings. The molecule has 10 heteroatoms. The van der Waals surface area contributed by atoms with Gasteiger partial charge in [-0.1, -0.05) is 136 Å². The number of ether oxygens (including phenoxy) is 4. The summed E-state index contributed by atoms with van der Waals surface area (Å²) in [4.78, 5) is 25.3. The van der Waals surface area contributed by atoms with Crippen molar-refractivity contribution in [3.05, 3.63) is 109 Å². The van der Waals surface area contributed by atoms with Crippen molar-refractivity contribution in [1.29, 1.82) is 0 Å². The number of hydrogen-bond acceptors (Lipinski definition) is 10. The minimum atomic E-state index is -1.62. The predicted octanol–water partition coefficient (Wildman–Crippen LogP) is 9.33. The predicted molar refractivity (Wildman–Crippen MR) is 237 cm³/mol. The van der Waals surface area contributed by atoms with E-state index in [9.17, 15) is 30.0 Å². The lowest BCUT2D eigenvalue weighted by Gasteiger charge is -2.39. The summed E-state index contributed by atoms with van der Waals surface area (Å²) in [7, 11) is 0. The van der Waals surface area contributed by atoms with Crippen molar-refractivity contribution in [2.24, 2.45) is 0 Å². The van der Waals surface area contributed by atoms with Crippen LogP contribution in [0.1, 0.15) is 129 Å². The van der Waals surface area contributed by atoms with Gasteiger partial charge in [0.1, 0.15) is 31.0 Å². The quantitative estimate of drug-likeness (QED) is 0.0281. The summed E-state index contributed by atoms with van der Waals surface area (Å²) in [5.41, 5.74) is 0. The summed E-state index contributed by atoms with van der Waals surface area (Å²) in [6, 6.07) is 0. The number of carbonyl (C=O) groups is 2. The number of rotatable bonds is 34. The van der Waals surface area contributed by atoms with E-state index in [-0.39, 0.29) is 26.1 Å². The second kappa shape index (κ2) is 38.6. The maximum Gasteiger partial charge on any atom is 0.306 e. The molecule has 59 heavy (non-hydrogen) atoms. The van der Waals surface area contributed by atoms with Crippen LogP contribution in [0.15, 0.2) is 109 Å². The fourth-order valence-corrected chi connectivity index (χ4v) is 5.69. The van der Waals surface area contributed by atoms with Crippen molar-refractivity contribution < 1.29 is 49.0 Å². The molecule has 1 rings (SSSR count). The highest BCUT2D eigenvalue weighted by molar-refractivity contribution is 5.70. The standard InChI is InChI=1S/C49H76O10/c1-3-5-7-9-11-13-15-17-19-20-21-22-24-25-27-29-31-33-35-37-44(51)56-40-42(41-57-49-48(55)47(54)46(53)43(39-50)59-49)58-45(52)38-36-34-32-30-28-26-23-18-16-14-12-10-8-6-4-2/h6,8,11-14,17-19,21-23,25,27-28,30-31,33,42-43,46-50,53-55H,3-5,7,9-10,15-16,20,24,26,29,32,34-41H2,1-2H3/b8-6+,13-11+,14-12+,19-17+,22-21+,23-18+,27-25+,30-28+,33-31+/t42-,43-,46+,47?,48?,49-/m0/s1. The first-order valence-electron chi connectivity index (χ1n) is 22.0. The molecule has 0 saturated carbocycles. The van der Waals surface area contributed by atoms with Crippen molar-refractivity contribution in [3.8, 4) is 0 Å². The van der Waals surface area contributed by atoms with Gasteiger partial charge in [0.25, 0.3) is 0 Å². The molecule has 6 atom stereocenters. The van der Waals surface area contributed by atoms with Gasteiger partial charge >= 0.3 is 11.9 Å². The van der Waals surface area contributed by atoms with E-state index in [4.69, 9.17) is 18.9 Å². The smallest absolute Gasteiger partial charge is 0.306 e. The van der Waals surface area contributed by atoms with Gasteiger partial charge in [-0.2, -0.15) is 0 Å². The van der Waals surface area contributed by atoms with Crippen LogP contribution in [0.2, 0.25) is 0 Å². The van der Waals surface area contributed by atoms with E-state index in [1.54, 1.807) is 0 Å². The largest absolute Gasteiger partial charge is 0.462 e. The number of unbranched alkanes of at least 4 members (excludes halogenated alkanes) is 5. The van der Waals surface area contributed by atoms with Gasteiger partial charge in [-0.15, -0.1) is 0 Å². The van der Waals surface area contributed by atoms with E-state index >= 15 is 0 Å². The van der Waals surface area contributed by atoms with E-state index < -0.39 is 55.4 Å². The Morgan fingerprint density at radius 2 is 1.02 bits per heavy atom. The average molecular weight is 825 g/mol. The van der Waals surface area contributed by atoms with Crippen LogP contribution in [-0.4, -0.2) is 89.0 Å². The van der Waals surface area contributed by atoms with Crippen molar-refractivity contribution in [3.63, 3.8) is 0 Å². The van der Waals surface area contributed by atoms with Crippen LogP contribution >= 0.6 is 0 Å². The van der Waals surface area contributed by atoms with Crippen LogP contribution in [0, 0.1) is 0 Å². The van der Waals surface area contributed by atoms with Gasteiger partial charge in [0.15, 0.2) is 12.4 Å². The Bertz CT molecular complexity index is 1320. The number of aliphatic hydroxyl groups is 4. The Labute approximate surface area is 355 Å². The van der Waals surface area contributed by atoms with E-state index in [0.717, 1.165) is 64.2 Å². The normalized spacial score (nSPS) is 21.1. The maximum atomic E-state index is 12.7.